The summed E-state index contributed by atoms with van der Waals surface area (Å²) in [5.74, 6) is 0.799. The molecule has 0 unspecified atom stereocenters. The Bertz CT molecular complexity index is 782. The highest BCUT2D eigenvalue weighted by Gasteiger charge is 2.33. The van der Waals surface area contributed by atoms with Crippen LogP contribution in [-0.2, 0) is 9.53 Å². The number of nitriles is 1. The minimum absolute atomic E-state index is 0.0512. The third-order valence-corrected chi connectivity index (χ3v) is 5.29. The van der Waals surface area contributed by atoms with Crippen molar-refractivity contribution in [1.82, 2.24) is 14.8 Å². The third-order valence-electron chi connectivity index (χ3n) is 5.29. The number of hydrogen-bond acceptors (Lipinski definition) is 6. The minimum Gasteiger partial charge on any atom is -0.444 e. The van der Waals surface area contributed by atoms with Crippen LogP contribution in [0.1, 0.15) is 39.2 Å². The van der Waals surface area contributed by atoms with E-state index in [-0.39, 0.29) is 17.9 Å². The van der Waals surface area contributed by atoms with Crippen LogP contribution in [0, 0.1) is 17.2 Å². The lowest BCUT2D eigenvalue weighted by molar-refractivity contribution is -0.137. The molecule has 0 spiro atoms. The van der Waals surface area contributed by atoms with Gasteiger partial charge in [0.05, 0.1) is 5.56 Å². The predicted octanol–water partition coefficient (Wildman–Crippen LogP) is 2.25. The molecule has 0 N–H and O–H groups in total. The second kappa shape index (κ2) is 8.68. The van der Waals surface area contributed by atoms with E-state index in [1.165, 1.54) is 0 Å². The lowest BCUT2D eigenvalue weighted by atomic mass is 9.95. The molecule has 0 aromatic carbocycles. The maximum atomic E-state index is 12.9. The van der Waals surface area contributed by atoms with E-state index < -0.39 is 5.60 Å². The normalized spacial score (nSPS) is 18.3. The quantitative estimate of drug-likeness (QED) is 0.758. The molecule has 2 amide bonds. The Morgan fingerprint density at radius 1 is 1.10 bits per heavy atom. The zero-order valence-corrected chi connectivity index (χ0v) is 17.4. The summed E-state index contributed by atoms with van der Waals surface area (Å²) in [6, 6.07) is 5.70. The van der Waals surface area contributed by atoms with Crippen LogP contribution >= 0.6 is 0 Å². The molecule has 0 radical (unpaired) electrons. The zero-order chi connectivity index (χ0) is 21.0. The van der Waals surface area contributed by atoms with Gasteiger partial charge in [0.1, 0.15) is 17.5 Å². The summed E-state index contributed by atoms with van der Waals surface area (Å²) in [6.45, 7) is 9.21. The summed E-state index contributed by atoms with van der Waals surface area (Å²) in [5, 5.41) is 9.26. The molecule has 0 atom stereocenters. The van der Waals surface area contributed by atoms with Crippen LogP contribution < -0.4 is 4.90 Å². The molecule has 1 aromatic rings. The number of piperidine rings is 1. The van der Waals surface area contributed by atoms with E-state index in [1.807, 2.05) is 25.7 Å². The molecule has 8 heteroatoms. The largest absolute Gasteiger partial charge is 0.444 e. The maximum absolute atomic E-state index is 12.9. The molecular formula is C21H29N5O3. The lowest BCUT2D eigenvalue weighted by Crippen LogP contribution is -2.52. The Morgan fingerprint density at radius 2 is 1.76 bits per heavy atom. The smallest absolute Gasteiger partial charge is 0.410 e. The Kier molecular flexibility index (Phi) is 6.26. The van der Waals surface area contributed by atoms with Crippen molar-refractivity contribution in [2.45, 2.75) is 39.2 Å². The predicted molar refractivity (Wildman–Crippen MR) is 108 cm³/mol. The number of ether oxygens (including phenoxy) is 1. The molecule has 8 nitrogen and oxygen atoms in total. The van der Waals surface area contributed by atoms with Crippen LogP contribution in [-0.4, -0.2) is 71.7 Å². The van der Waals surface area contributed by atoms with E-state index in [0.29, 0.717) is 63.5 Å². The van der Waals surface area contributed by atoms with Crippen molar-refractivity contribution < 1.29 is 14.3 Å². The standard InChI is InChI=1S/C21H29N5O3/c1-21(2,3)29-20(28)26-9-6-16(7-10-26)19(27)25-13-11-24(12-14-25)18-17(15-22)5-4-8-23-18/h4-5,8,16H,6-7,9-14H2,1-3H3. The van der Waals surface area contributed by atoms with Crippen molar-refractivity contribution in [3.63, 3.8) is 0 Å². The van der Waals surface area contributed by atoms with E-state index >= 15 is 0 Å². The van der Waals surface area contributed by atoms with Gasteiger partial charge in [0.15, 0.2) is 0 Å². The molecule has 2 aliphatic rings. The van der Waals surface area contributed by atoms with Crippen molar-refractivity contribution >= 4 is 17.8 Å². The van der Waals surface area contributed by atoms with Gasteiger partial charge in [-0.15, -0.1) is 0 Å². The molecule has 3 heterocycles. The summed E-state index contributed by atoms with van der Waals surface area (Å²) in [4.78, 5) is 35.1. The Balaban J connectivity index is 1.49. The third kappa shape index (κ3) is 5.17. The highest BCUT2D eigenvalue weighted by molar-refractivity contribution is 5.79. The van der Waals surface area contributed by atoms with Crippen molar-refractivity contribution in [3.05, 3.63) is 23.9 Å². The molecule has 2 fully saturated rings. The number of nitrogens with zero attached hydrogens (tertiary/aromatic N) is 5. The van der Waals surface area contributed by atoms with Gasteiger partial charge in [-0.3, -0.25) is 4.79 Å². The molecule has 29 heavy (non-hydrogen) atoms. The van der Waals surface area contributed by atoms with Gasteiger partial charge >= 0.3 is 6.09 Å². The molecule has 2 aliphatic heterocycles. The highest BCUT2D eigenvalue weighted by Crippen LogP contribution is 2.23. The molecule has 156 valence electrons. The first-order chi connectivity index (χ1) is 13.8. The molecule has 0 saturated carbocycles. The number of piperazine rings is 1. The Labute approximate surface area is 172 Å². The second-order valence-corrected chi connectivity index (χ2v) is 8.54. The van der Waals surface area contributed by atoms with E-state index in [0.717, 1.165) is 0 Å². The van der Waals surface area contributed by atoms with Crippen LogP contribution in [0.5, 0.6) is 0 Å². The number of anilines is 1. The van der Waals surface area contributed by atoms with Crippen LogP contribution in [0.4, 0.5) is 10.6 Å². The van der Waals surface area contributed by atoms with Gasteiger partial charge in [-0.05, 0) is 45.7 Å². The number of pyridine rings is 1. The molecule has 3 rings (SSSR count). The SMILES string of the molecule is CC(C)(C)OC(=O)N1CCC(C(=O)N2CCN(c3ncccc3C#N)CC2)CC1. The average molecular weight is 399 g/mol. The number of carbonyl (C=O) groups excluding carboxylic acids is 2. The van der Waals surface area contributed by atoms with Crippen molar-refractivity contribution in [2.75, 3.05) is 44.2 Å². The first kappa shape index (κ1) is 20.9. The zero-order valence-electron chi connectivity index (χ0n) is 17.4. The number of rotatable bonds is 2. The van der Waals surface area contributed by atoms with E-state index in [2.05, 4.69) is 16.0 Å². The number of amides is 2. The van der Waals surface area contributed by atoms with Crippen LogP contribution in [0.2, 0.25) is 0 Å². The van der Waals surface area contributed by atoms with Gasteiger partial charge in [-0.1, -0.05) is 0 Å². The summed E-state index contributed by atoms with van der Waals surface area (Å²) in [6.07, 6.45) is 2.71. The van der Waals surface area contributed by atoms with Crippen LogP contribution in [0.15, 0.2) is 18.3 Å². The minimum atomic E-state index is -0.511. The van der Waals surface area contributed by atoms with Crippen molar-refractivity contribution in [2.24, 2.45) is 5.92 Å². The first-order valence-electron chi connectivity index (χ1n) is 10.2. The number of hydrogen-bond donors (Lipinski definition) is 0. The van der Waals surface area contributed by atoms with Gasteiger partial charge in [-0.25, -0.2) is 9.78 Å². The number of likely N-dealkylation sites (tertiary alicyclic amines) is 1. The number of aromatic nitrogens is 1. The molecule has 1 aromatic heterocycles. The van der Waals surface area contributed by atoms with Crippen molar-refractivity contribution in [3.8, 4) is 6.07 Å². The Hall–Kier alpha value is -2.82. The van der Waals surface area contributed by atoms with Gasteiger partial charge in [-0.2, -0.15) is 5.26 Å². The van der Waals surface area contributed by atoms with Gasteiger partial charge < -0.3 is 19.4 Å². The van der Waals surface area contributed by atoms with Crippen molar-refractivity contribution in [1.29, 1.82) is 5.26 Å². The lowest BCUT2D eigenvalue weighted by Gasteiger charge is -2.39. The van der Waals surface area contributed by atoms with E-state index in [4.69, 9.17) is 4.74 Å². The van der Waals surface area contributed by atoms with E-state index in [1.54, 1.807) is 23.2 Å². The monoisotopic (exact) mass is 399 g/mol. The molecule has 2 saturated heterocycles. The summed E-state index contributed by atoms with van der Waals surface area (Å²) >= 11 is 0. The van der Waals surface area contributed by atoms with Crippen LogP contribution in [0.3, 0.4) is 0 Å². The number of carbonyl (C=O) groups is 2. The Morgan fingerprint density at radius 3 is 2.34 bits per heavy atom. The molecular weight excluding hydrogens is 370 g/mol. The fraction of sp³-hybridized carbons (Fsp3) is 0.619. The fourth-order valence-electron chi connectivity index (χ4n) is 3.77. The fourth-order valence-corrected chi connectivity index (χ4v) is 3.77. The summed E-state index contributed by atoms with van der Waals surface area (Å²) < 4.78 is 5.42. The van der Waals surface area contributed by atoms with Gasteiger partial charge in [0.25, 0.3) is 0 Å². The highest BCUT2D eigenvalue weighted by atomic mass is 16.6. The average Bonchev–Trinajstić information content (AvgIpc) is 2.72. The molecule has 0 bridgehead atoms. The topological polar surface area (TPSA) is 89.8 Å². The van der Waals surface area contributed by atoms with E-state index in [9.17, 15) is 14.9 Å². The summed E-state index contributed by atoms with van der Waals surface area (Å²) in [7, 11) is 0. The van der Waals surface area contributed by atoms with Gasteiger partial charge in [0.2, 0.25) is 5.91 Å². The maximum Gasteiger partial charge on any atom is 0.410 e. The summed E-state index contributed by atoms with van der Waals surface area (Å²) in [5.41, 5.74) is 0.0458. The van der Waals surface area contributed by atoms with Crippen LogP contribution in [0.25, 0.3) is 0 Å². The first-order valence-corrected chi connectivity index (χ1v) is 10.2. The molecule has 0 aliphatic carbocycles. The van der Waals surface area contributed by atoms with Gasteiger partial charge in [0, 0.05) is 51.4 Å². The second-order valence-electron chi connectivity index (χ2n) is 8.54.